The summed E-state index contributed by atoms with van der Waals surface area (Å²) >= 11 is 9.75. The lowest BCUT2D eigenvalue weighted by Gasteiger charge is -2.13. The highest BCUT2D eigenvalue weighted by atomic mass is 79.9. The number of hydrogen-bond donors (Lipinski definition) is 1. The molecule has 0 bridgehead atoms. The Bertz CT molecular complexity index is 689. The molecule has 0 radical (unpaired) electrons. The van der Waals surface area contributed by atoms with E-state index in [0.717, 1.165) is 46.0 Å². The van der Waals surface area contributed by atoms with Gasteiger partial charge in [-0.1, -0.05) is 11.6 Å². The molecule has 1 fully saturated rings. The molecule has 1 saturated carbocycles. The van der Waals surface area contributed by atoms with Gasteiger partial charge in [0.1, 0.15) is 22.5 Å². The van der Waals surface area contributed by atoms with Gasteiger partial charge in [0, 0.05) is 22.0 Å². The minimum Gasteiger partial charge on any atom is -0.497 e. The van der Waals surface area contributed by atoms with Crippen molar-refractivity contribution >= 4 is 39.0 Å². The van der Waals surface area contributed by atoms with Crippen LogP contribution in [0.2, 0.25) is 5.15 Å². The van der Waals surface area contributed by atoms with E-state index >= 15 is 0 Å². The van der Waals surface area contributed by atoms with Crippen LogP contribution in [-0.2, 0) is 0 Å². The fourth-order valence-electron chi connectivity index (χ4n) is 2.01. The average molecular weight is 369 g/mol. The van der Waals surface area contributed by atoms with Gasteiger partial charge in [0.2, 0.25) is 0 Å². The molecule has 1 aliphatic rings. The van der Waals surface area contributed by atoms with Crippen molar-refractivity contribution in [3.8, 4) is 5.75 Å². The van der Waals surface area contributed by atoms with Crippen molar-refractivity contribution in [2.75, 3.05) is 12.4 Å². The first-order valence-corrected chi connectivity index (χ1v) is 7.90. The molecule has 4 nitrogen and oxygen atoms in total. The van der Waals surface area contributed by atoms with E-state index in [1.165, 1.54) is 0 Å². The summed E-state index contributed by atoms with van der Waals surface area (Å²) in [5, 5.41) is 3.82. The molecule has 1 heterocycles. The van der Waals surface area contributed by atoms with Crippen LogP contribution in [0.4, 0.5) is 11.5 Å². The van der Waals surface area contributed by atoms with Crippen LogP contribution >= 0.6 is 27.5 Å². The number of halogens is 2. The summed E-state index contributed by atoms with van der Waals surface area (Å²) in [5.41, 5.74) is 1.73. The van der Waals surface area contributed by atoms with Gasteiger partial charge >= 0.3 is 0 Å². The van der Waals surface area contributed by atoms with Crippen molar-refractivity contribution in [2.24, 2.45) is 0 Å². The molecule has 1 aromatic carbocycles. The monoisotopic (exact) mass is 367 g/mol. The first kappa shape index (κ1) is 14.6. The van der Waals surface area contributed by atoms with E-state index in [4.69, 9.17) is 16.3 Å². The Hall–Kier alpha value is -1.33. The normalized spacial score (nSPS) is 14.1. The van der Waals surface area contributed by atoms with Crippen LogP contribution in [-0.4, -0.2) is 17.1 Å². The van der Waals surface area contributed by atoms with E-state index in [1.54, 1.807) is 7.11 Å². The number of ether oxygens (including phenoxy) is 1. The third kappa shape index (κ3) is 3.14. The molecular formula is C15H15BrClN3O. The first-order valence-electron chi connectivity index (χ1n) is 6.73. The Morgan fingerprint density at radius 1 is 1.33 bits per heavy atom. The van der Waals surface area contributed by atoms with Gasteiger partial charge in [0.15, 0.2) is 0 Å². The Morgan fingerprint density at radius 3 is 2.76 bits per heavy atom. The zero-order valence-corrected chi connectivity index (χ0v) is 14.1. The highest BCUT2D eigenvalue weighted by Gasteiger charge is 2.28. The third-order valence-electron chi connectivity index (χ3n) is 3.47. The lowest BCUT2D eigenvalue weighted by Crippen LogP contribution is -2.03. The minimum absolute atomic E-state index is 0.456. The summed E-state index contributed by atoms with van der Waals surface area (Å²) < 4.78 is 6.19. The van der Waals surface area contributed by atoms with Crippen molar-refractivity contribution in [1.29, 1.82) is 0 Å². The van der Waals surface area contributed by atoms with Gasteiger partial charge in [0.05, 0.1) is 12.8 Å². The highest BCUT2D eigenvalue weighted by molar-refractivity contribution is 9.10. The number of methoxy groups -OCH3 is 1. The molecule has 0 spiro atoms. The van der Waals surface area contributed by atoms with E-state index < -0.39 is 0 Å². The molecular weight excluding hydrogens is 354 g/mol. The molecule has 0 saturated heterocycles. The number of hydrogen-bond acceptors (Lipinski definition) is 4. The summed E-state index contributed by atoms with van der Waals surface area (Å²) in [6.45, 7) is 1.91. The standard InChI is InChI=1S/C15H15BrClN3O/c1-8-13(17)19-15(9-3-4-9)20-14(8)18-12-7-10(21-2)5-6-11(12)16/h5-7,9H,3-4H2,1-2H3,(H,18,19,20). The molecule has 110 valence electrons. The number of benzene rings is 1. The highest BCUT2D eigenvalue weighted by Crippen LogP contribution is 2.40. The second-order valence-electron chi connectivity index (χ2n) is 5.09. The lowest BCUT2D eigenvalue weighted by atomic mass is 10.2. The Morgan fingerprint density at radius 2 is 2.10 bits per heavy atom. The average Bonchev–Trinajstić information content (AvgIpc) is 3.30. The van der Waals surface area contributed by atoms with E-state index in [2.05, 4.69) is 31.2 Å². The van der Waals surface area contributed by atoms with Crippen LogP contribution < -0.4 is 10.1 Å². The molecule has 0 aliphatic heterocycles. The van der Waals surface area contributed by atoms with Crippen LogP contribution in [0, 0.1) is 6.92 Å². The predicted octanol–water partition coefficient (Wildman–Crippen LogP) is 4.83. The third-order valence-corrected chi connectivity index (χ3v) is 4.53. The summed E-state index contributed by atoms with van der Waals surface area (Å²) in [7, 11) is 1.64. The maximum Gasteiger partial charge on any atom is 0.138 e. The molecule has 1 aliphatic carbocycles. The van der Waals surface area contributed by atoms with Gasteiger partial charge in [-0.2, -0.15) is 0 Å². The second-order valence-corrected chi connectivity index (χ2v) is 6.30. The molecule has 1 N–H and O–H groups in total. The van der Waals surface area contributed by atoms with Crippen LogP contribution in [0.1, 0.15) is 30.1 Å². The van der Waals surface area contributed by atoms with E-state index in [1.807, 2.05) is 25.1 Å². The number of rotatable bonds is 4. The zero-order valence-electron chi connectivity index (χ0n) is 11.8. The molecule has 0 amide bonds. The van der Waals surface area contributed by atoms with Crippen LogP contribution in [0.15, 0.2) is 22.7 Å². The van der Waals surface area contributed by atoms with E-state index in [0.29, 0.717) is 11.1 Å². The largest absolute Gasteiger partial charge is 0.497 e. The fraction of sp³-hybridized carbons (Fsp3) is 0.333. The molecule has 3 rings (SSSR count). The van der Waals surface area contributed by atoms with Crippen LogP contribution in [0.3, 0.4) is 0 Å². The van der Waals surface area contributed by atoms with Gasteiger partial charge in [-0.05, 0) is 47.8 Å². The van der Waals surface area contributed by atoms with Crippen LogP contribution in [0.5, 0.6) is 5.75 Å². The quantitative estimate of drug-likeness (QED) is 0.785. The van der Waals surface area contributed by atoms with Crippen molar-refractivity contribution in [2.45, 2.75) is 25.7 Å². The lowest BCUT2D eigenvalue weighted by molar-refractivity contribution is 0.415. The number of nitrogens with one attached hydrogen (secondary N) is 1. The van der Waals surface area contributed by atoms with Gasteiger partial charge in [-0.15, -0.1) is 0 Å². The maximum absolute atomic E-state index is 6.23. The molecule has 1 aromatic heterocycles. The summed E-state index contributed by atoms with van der Waals surface area (Å²) in [6.07, 6.45) is 2.28. The van der Waals surface area contributed by atoms with Gasteiger partial charge in [-0.3, -0.25) is 0 Å². The van der Waals surface area contributed by atoms with Crippen molar-refractivity contribution < 1.29 is 4.74 Å². The van der Waals surface area contributed by atoms with Gasteiger partial charge in [0.25, 0.3) is 0 Å². The van der Waals surface area contributed by atoms with Gasteiger partial charge < -0.3 is 10.1 Å². The zero-order chi connectivity index (χ0) is 15.0. The maximum atomic E-state index is 6.23. The van der Waals surface area contributed by atoms with Crippen molar-refractivity contribution in [3.63, 3.8) is 0 Å². The number of nitrogens with zero attached hydrogens (tertiary/aromatic N) is 2. The SMILES string of the molecule is COc1ccc(Br)c(Nc2nc(C3CC3)nc(Cl)c2C)c1. The first-order chi connectivity index (χ1) is 10.1. The van der Waals surface area contributed by atoms with Crippen molar-refractivity contribution in [3.05, 3.63) is 39.2 Å². The number of aromatic nitrogens is 2. The van der Waals surface area contributed by atoms with E-state index in [9.17, 15) is 0 Å². The minimum atomic E-state index is 0.456. The summed E-state index contributed by atoms with van der Waals surface area (Å²) in [4.78, 5) is 8.99. The Labute approximate surface area is 137 Å². The number of anilines is 2. The Kier molecular flexibility index (Phi) is 4.04. The summed E-state index contributed by atoms with van der Waals surface area (Å²) in [5.74, 6) is 2.80. The smallest absolute Gasteiger partial charge is 0.138 e. The van der Waals surface area contributed by atoms with Gasteiger partial charge in [-0.25, -0.2) is 9.97 Å². The molecule has 21 heavy (non-hydrogen) atoms. The second kappa shape index (κ2) is 5.81. The predicted molar refractivity (Wildman–Crippen MR) is 87.7 cm³/mol. The molecule has 6 heteroatoms. The summed E-state index contributed by atoms with van der Waals surface area (Å²) in [6, 6.07) is 5.74. The van der Waals surface area contributed by atoms with Crippen LogP contribution in [0.25, 0.3) is 0 Å². The molecule has 2 aromatic rings. The molecule has 0 atom stereocenters. The van der Waals surface area contributed by atoms with E-state index in [-0.39, 0.29) is 0 Å². The fourth-order valence-corrected chi connectivity index (χ4v) is 2.53. The molecule has 0 unspecified atom stereocenters. The topological polar surface area (TPSA) is 47.0 Å². The van der Waals surface area contributed by atoms with Crippen molar-refractivity contribution in [1.82, 2.24) is 9.97 Å². The Balaban J connectivity index is 1.97.